The van der Waals surface area contributed by atoms with Crippen LogP contribution in [0.3, 0.4) is 0 Å². The van der Waals surface area contributed by atoms with Crippen molar-refractivity contribution in [2.45, 2.75) is 24.7 Å². The summed E-state index contributed by atoms with van der Waals surface area (Å²) in [4.78, 5) is 30.2. The van der Waals surface area contributed by atoms with E-state index >= 15 is 0 Å². The summed E-state index contributed by atoms with van der Waals surface area (Å²) in [6.45, 7) is 2.32. The number of aromatic nitrogens is 1. The summed E-state index contributed by atoms with van der Waals surface area (Å²) in [5.74, 6) is -2.52. The highest BCUT2D eigenvalue weighted by Crippen LogP contribution is 2.53. The molecule has 3 aliphatic rings. The number of rotatable bonds is 3. The van der Waals surface area contributed by atoms with E-state index in [1.807, 2.05) is 25.1 Å². The number of carboxylic acid groups (broad SMARTS) is 1. The smallest absolute Gasteiger partial charge is 0.310 e. The van der Waals surface area contributed by atoms with Crippen LogP contribution < -0.4 is 0 Å². The van der Waals surface area contributed by atoms with Gasteiger partial charge in [0, 0.05) is 12.4 Å². The van der Waals surface area contributed by atoms with E-state index in [4.69, 9.17) is 4.74 Å². The number of hydrogen-bond acceptors (Lipinski definition) is 4. The molecule has 0 saturated carbocycles. The van der Waals surface area contributed by atoms with Gasteiger partial charge in [-0.2, -0.15) is 0 Å². The molecule has 1 aromatic rings. The summed E-state index contributed by atoms with van der Waals surface area (Å²) >= 11 is 0. The predicted octanol–water partition coefficient (Wildman–Crippen LogP) is 1.01. The molecule has 0 aromatic carbocycles. The van der Waals surface area contributed by atoms with Crippen molar-refractivity contribution in [2.75, 3.05) is 6.54 Å². The second kappa shape index (κ2) is 4.39. The molecular formula is C16H16N2O4. The Hall–Kier alpha value is -2.21. The Labute approximate surface area is 127 Å². The highest BCUT2D eigenvalue weighted by molar-refractivity contribution is 5.91. The van der Waals surface area contributed by atoms with Crippen LogP contribution in [0.25, 0.3) is 0 Å². The minimum atomic E-state index is -0.967. The first kappa shape index (κ1) is 13.5. The van der Waals surface area contributed by atoms with Gasteiger partial charge in [0.15, 0.2) is 0 Å². The number of nitrogens with zero attached hydrogens (tertiary/aromatic N) is 2. The molecular weight excluding hydrogens is 284 g/mol. The van der Waals surface area contributed by atoms with Gasteiger partial charge < -0.3 is 14.7 Å². The van der Waals surface area contributed by atoms with Crippen LogP contribution in [0.2, 0.25) is 0 Å². The number of fused-ring (bicyclic) bond motifs is 1. The van der Waals surface area contributed by atoms with E-state index in [2.05, 4.69) is 4.98 Å². The highest BCUT2D eigenvalue weighted by Gasteiger charge is 2.67. The van der Waals surface area contributed by atoms with Crippen molar-refractivity contribution in [1.29, 1.82) is 0 Å². The van der Waals surface area contributed by atoms with Crippen molar-refractivity contribution < 1.29 is 19.4 Å². The third-order valence-electron chi connectivity index (χ3n) is 5.05. The molecule has 0 unspecified atom stereocenters. The standard InChI is InChI=1S/C16H16N2O4/c1-9(10-3-2-6-17-7-10)18-8-16-5-4-11(22-16)12(15(20)21)13(16)14(18)19/h2-7,9,11-13H,8H2,1H3,(H,20,21)/t9-,11-,12-,13+,16-/m1/s1. The molecule has 22 heavy (non-hydrogen) atoms. The minimum Gasteiger partial charge on any atom is -0.481 e. The number of carboxylic acids is 1. The van der Waals surface area contributed by atoms with Gasteiger partial charge in [-0.25, -0.2) is 0 Å². The van der Waals surface area contributed by atoms with Crippen molar-refractivity contribution in [3.05, 3.63) is 42.2 Å². The second-order valence-corrected chi connectivity index (χ2v) is 6.17. The maximum atomic E-state index is 12.8. The molecule has 1 spiro atoms. The van der Waals surface area contributed by atoms with Crippen LogP contribution in [0, 0.1) is 11.8 Å². The Kier molecular flexibility index (Phi) is 2.69. The third-order valence-corrected chi connectivity index (χ3v) is 5.05. The monoisotopic (exact) mass is 300 g/mol. The number of ether oxygens (including phenoxy) is 1. The topological polar surface area (TPSA) is 79.7 Å². The van der Waals surface area contributed by atoms with Gasteiger partial charge in [0.1, 0.15) is 11.5 Å². The van der Waals surface area contributed by atoms with Gasteiger partial charge in [0.25, 0.3) is 0 Å². The molecule has 2 bridgehead atoms. The van der Waals surface area contributed by atoms with Crippen LogP contribution in [0.1, 0.15) is 18.5 Å². The maximum Gasteiger partial charge on any atom is 0.310 e. The molecule has 2 fully saturated rings. The Morgan fingerprint density at radius 1 is 1.59 bits per heavy atom. The third kappa shape index (κ3) is 1.61. The summed E-state index contributed by atoms with van der Waals surface area (Å²) in [5.41, 5.74) is 0.152. The van der Waals surface area contributed by atoms with Crippen molar-refractivity contribution in [2.24, 2.45) is 11.8 Å². The number of carbonyl (C=O) groups is 2. The zero-order chi connectivity index (χ0) is 15.5. The average Bonchev–Trinajstić information content (AvgIpc) is 3.15. The second-order valence-electron chi connectivity index (χ2n) is 6.17. The first-order valence-corrected chi connectivity index (χ1v) is 7.34. The molecule has 5 atom stereocenters. The summed E-state index contributed by atoms with van der Waals surface area (Å²) in [5, 5.41) is 9.44. The lowest BCUT2D eigenvalue weighted by Gasteiger charge is -2.27. The molecule has 114 valence electrons. The van der Waals surface area contributed by atoms with Crippen LogP contribution in [0.5, 0.6) is 0 Å². The van der Waals surface area contributed by atoms with Crippen molar-refractivity contribution in [1.82, 2.24) is 9.88 Å². The van der Waals surface area contributed by atoms with Crippen LogP contribution in [-0.4, -0.2) is 45.1 Å². The quantitative estimate of drug-likeness (QED) is 0.843. The lowest BCUT2D eigenvalue weighted by molar-refractivity contribution is -0.148. The van der Waals surface area contributed by atoms with Gasteiger partial charge in [-0.05, 0) is 18.6 Å². The number of amides is 1. The first-order valence-electron chi connectivity index (χ1n) is 7.34. The predicted molar refractivity (Wildman–Crippen MR) is 75.7 cm³/mol. The Balaban J connectivity index is 1.68. The van der Waals surface area contributed by atoms with Gasteiger partial charge in [-0.1, -0.05) is 18.2 Å². The Morgan fingerprint density at radius 3 is 3.09 bits per heavy atom. The van der Waals surface area contributed by atoms with Crippen LogP contribution in [0.4, 0.5) is 0 Å². The molecule has 2 saturated heterocycles. The molecule has 4 rings (SSSR count). The van der Waals surface area contributed by atoms with Crippen LogP contribution >= 0.6 is 0 Å². The van der Waals surface area contributed by atoms with E-state index in [0.29, 0.717) is 6.54 Å². The van der Waals surface area contributed by atoms with Gasteiger partial charge in [0.2, 0.25) is 5.91 Å². The summed E-state index contributed by atoms with van der Waals surface area (Å²) in [6, 6.07) is 3.58. The molecule has 0 aliphatic carbocycles. The lowest BCUT2D eigenvalue weighted by Crippen LogP contribution is -2.39. The molecule has 1 aromatic heterocycles. The van der Waals surface area contributed by atoms with Crippen LogP contribution in [0.15, 0.2) is 36.7 Å². The normalized spacial score (nSPS) is 36.7. The summed E-state index contributed by atoms with van der Waals surface area (Å²) < 4.78 is 5.87. The summed E-state index contributed by atoms with van der Waals surface area (Å²) in [6.07, 6.45) is 6.58. The number of pyridine rings is 1. The number of carbonyl (C=O) groups excluding carboxylic acids is 1. The summed E-state index contributed by atoms with van der Waals surface area (Å²) in [7, 11) is 0. The van der Waals surface area contributed by atoms with Crippen molar-refractivity contribution >= 4 is 11.9 Å². The number of likely N-dealkylation sites (tertiary alicyclic amines) is 1. The van der Waals surface area contributed by atoms with E-state index in [0.717, 1.165) is 5.56 Å². The fourth-order valence-corrected chi connectivity index (χ4v) is 3.94. The molecule has 1 N–H and O–H groups in total. The van der Waals surface area contributed by atoms with E-state index in [1.54, 1.807) is 23.4 Å². The fraction of sp³-hybridized carbons (Fsp3) is 0.438. The minimum absolute atomic E-state index is 0.143. The largest absolute Gasteiger partial charge is 0.481 e. The lowest BCUT2D eigenvalue weighted by atomic mass is 9.77. The van der Waals surface area contributed by atoms with Crippen LogP contribution in [-0.2, 0) is 14.3 Å². The zero-order valence-corrected chi connectivity index (χ0v) is 12.0. The molecule has 3 aliphatic heterocycles. The Bertz CT molecular complexity index is 674. The van der Waals surface area contributed by atoms with E-state index in [1.165, 1.54) is 0 Å². The molecule has 0 radical (unpaired) electrons. The van der Waals surface area contributed by atoms with Crippen molar-refractivity contribution in [3.8, 4) is 0 Å². The average molecular weight is 300 g/mol. The van der Waals surface area contributed by atoms with E-state index < -0.39 is 29.5 Å². The molecule has 6 heteroatoms. The maximum absolute atomic E-state index is 12.8. The molecule has 6 nitrogen and oxygen atoms in total. The van der Waals surface area contributed by atoms with E-state index in [9.17, 15) is 14.7 Å². The fourth-order valence-electron chi connectivity index (χ4n) is 3.94. The SMILES string of the molecule is C[C@H](c1cccnc1)N1C[C@@]23C=C[C@@H](O2)[C@@H](C(=O)O)[C@H]3C1=O. The number of hydrogen-bond donors (Lipinski definition) is 1. The zero-order valence-electron chi connectivity index (χ0n) is 12.0. The van der Waals surface area contributed by atoms with Gasteiger partial charge in [-0.3, -0.25) is 14.6 Å². The number of aliphatic carboxylic acids is 1. The molecule has 4 heterocycles. The first-order chi connectivity index (χ1) is 10.5. The molecule has 1 amide bonds. The highest BCUT2D eigenvalue weighted by atomic mass is 16.5. The Morgan fingerprint density at radius 2 is 2.41 bits per heavy atom. The van der Waals surface area contributed by atoms with Gasteiger partial charge >= 0.3 is 5.97 Å². The van der Waals surface area contributed by atoms with E-state index in [-0.39, 0.29) is 11.9 Å². The van der Waals surface area contributed by atoms with Gasteiger partial charge in [-0.15, -0.1) is 0 Å². The van der Waals surface area contributed by atoms with Gasteiger partial charge in [0.05, 0.1) is 24.6 Å². The van der Waals surface area contributed by atoms with Crippen molar-refractivity contribution in [3.63, 3.8) is 0 Å².